The number of hydrogen-bond donors (Lipinski definition) is 2. The minimum absolute atomic E-state index is 0.0495. The van der Waals surface area contributed by atoms with Crippen LogP contribution in [0, 0.1) is 5.92 Å². The molecule has 1 aromatic heterocycles. The van der Waals surface area contributed by atoms with E-state index < -0.39 is 5.97 Å². The second kappa shape index (κ2) is 7.13. The van der Waals surface area contributed by atoms with Crippen molar-refractivity contribution < 1.29 is 14.7 Å². The van der Waals surface area contributed by atoms with E-state index in [0.717, 1.165) is 17.7 Å². The molecular weight excluding hydrogens is 312 g/mol. The number of hydrogen-bond acceptors (Lipinski definition) is 3. The van der Waals surface area contributed by atoms with Gasteiger partial charge in [-0.05, 0) is 37.8 Å². The van der Waals surface area contributed by atoms with Crippen molar-refractivity contribution in [2.75, 3.05) is 13.1 Å². The summed E-state index contributed by atoms with van der Waals surface area (Å²) in [5.74, 6) is -0.752. The quantitative estimate of drug-likeness (QED) is 0.889. The number of nitrogens with one attached hydrogen (secondary N) is 1. The number of amides is 2. The number of nitrogens with zero attached hydrogens (tertiary/aromatic N) is 1. The van der Waals surface area contributed by atoms with Crippen LogP contribution in [-0.2, 0) is 4.79 Å². The first-order chi connectivity index (χ1) is 9.95. The first kappa shape index (κ1) is 16.1. The predicted molar refractivity (Wildman–Crippen MR) is 82.8 cm³/mol. The Balaban J connectivity index is 1.89. The summed E-state index contributed by atoms with van der Waals surface area (Å²) in [7, 11) is 0. The van der Waals surface area contributed by atoms with Crippen LogP contribution < -0.4 is 5.32 Å². The third kappa shape index (κ3) is 4.61. The Labute approximate surface area is 132 Å². The molecule has 5 nitrogen and oxygen atoms in total. The van der Waals surface area contributed by atoms with Crippen molar-refractivity contribution in [2.24, 2.45) is 5.92 Å². The Hall–Kier alpha value is -1.27. The number of halogens is 1. The number of rotatable bonds is 4. The van der Waals surface area contributed by atoms with E-state index in [0.29, 0.717) is 17.4 Å². The van der Waals surface area contributed by atoms with E-state index in [-0.39, 0.29) is 24.4 Å². The first-order valence-corrected chi connectivity index (χ1v) is 8.17. The van der Waals surface area contributed by atoms with E-state index >= 15 is 0 Å². The molecular formula is C14H19ClN2O3S. The molecule has 2 atom stereocenters. The van der Waals surface area contributed by atoms with Crippen LogP contribution in [0.25, 0.3) is 0 Å². The summed E-state index contributed by atoms with van der Waals surface area (Å²) >= 11 is 7.34. The third-order valence-corrected chi connectivity index (χ3v) is 5.04. The lowest BCUT2D eigenvalue weighted by molar-refractivity contribution is -0.138. The molecule has 1 fully saturated rings. The van der Waals surface area contributed by atoms with Crippen LogP contribution in [0.15, 0.2) is 12.1 Å². The summed E-state index contributed by atoms with van der Waals surface area (Å²) in [5.41, 5.74) is 0. The molecule has 0 spiro atoms. The minimum Gasteiger partial charge on any atom is -0.481 e. The van der Waals surface area contributed by atoms with Crippen LogP contribution in [0.3, 0.4) is 0 Å². The van der Waals surface area contributed by atoms with Gasteiger partial charge in [-0.3, -0.25) is 4.79 Å². The van der Waals surface area contributed by atoms with Gasteiger partial charge in [-0.25, -0.2) is 4.79 Å². The molecule has 0 radical (unpaired) electrons. The van der Waals surface area contributed by atoms with E-state index in [2.05, 4.69) is 5.32 Å². The Bertz CT molecular complexity index is 520. The number of thiophene rings is 1. The molecule has 0 saturated carbocycles. The summed E-state index contributed by atoms with van der Waals surface area (Å²) < 4.78 is 0.700. The Morgan fingerprint density at radius 1 is 1.57 bits per heavy atom. The lowest BCUT2D eigenvalue weighted by atomic mass is 9.95. The van der Waals surface area contributed by atoms with Gasteiger partial charge in [-0.15, -0.1) is 11.3 Å². The van der Waals surface area contributed by atoms with Crippen LogP contribution in [0.2, 0.25) is 4.34 Å². The van der Waals surface area contributed by atoms with Crippen LogP contribution in [0.5, 0.6) is 0 Å². The van der Waals surface area contributed by atoms with Gasteiger partial charge in [-0.2, -0.15) is 0 Å². The van der Waals surface area contributed by atoms with Crippen LogP contribution in [-0.4, -0.2) is 35.1 Å². The highest BCUT2D eigenvalue weighted by Crippen LogP contribution is 2.27. The van der Waals surface area contributed by atoms with Gasteiger partial charge >= 0.3 is 12.0 Å². The molecule has 0 aliphatic carbocycles. The van der Waals surface area contributed by atoms with Crippen molar-refractivity contribution in [2.45, 2.75) is 32.2 Å². The van der Waals surface area contributed by atoms with Crippen molar-refractivity contribution in [1.82, 2.24) is 10.2 Å². The lowest BCUT2D eigenvalue weighted by Gasteiger charge is -2.32. The second-order valence-corrected chi connectivity index (χ2v) is 7.11. The average Bonchev–Trinajstić information content (AvgIpc) is 2.85. The van der Waals surface area contributed by atoms with Crippen LogP contribution in [0.1, 0.15) is 37.1 Å². The Morgan fingerprint density at radius 3 is 2.95 bits per heavy atom. The molecule has 21 heavy (non-hydrogen) atoms. The number of likely N-dealkylation sites (tertiary alicyclic amines) is 1. The highest BCUT2D eigenvalue weighted by Gasteiger charge is 2.26. The smallest absolute Gasteiger partial charge is 0.317 e. The van der Waals surface area contributed by atoms with Gasteiger partial charge in [0, 0.05) is 24.4 Å². The largest absolute Gasteiger partial charge is 0.481 e. The van der Waals surface area contributed by atoms with E-state index in [9.17, 15) is 9.59 Å². The maximum atomic E-state index is 12.3. The average molecular weight is 331 g/mol. The molecule has 0 aromatic carbocycles. The highest BCUT2D eigenvalue weighted by atomic mass is 35.5. The first-order valence-electron chi connectivity index (χ1n) is 6.98. The van der Waals surface area contributed by atoms with Crippen molar-refractivity contribution in [3.8, 4) is 0 Å². The maximum Gasteiger partial charge on any atom is 0.317 e. The molecule has 1 aromatic rings. The number of urea groups is 1. The molecule has 116 valence electrons. The second-order valence-electron chi connectivity index (χ2n) is 5.37. The molecule has 7 heteroatoms. The number of carboxylic acid groups (broad SMARTS) is 1. The summed E-state index contributed by atoms with van der Waals surface area (Å²) in [4.78, 5) is 25.8. The van der Waals surface area contributed by atoms with E-state index in [1.54, 1.807) is 4.90 Å². The van der Waals surface area contributed by atoms with Crippen molar-refractivity contribution >= 4 is 34.9 Å². The monoisotopic (exact) mass is 330 g/mol. The molecule has 1 aliphatic rings. The fourth-order valence-corrected chi connectivity index (χ4v) is 3.64. The summed E-state index contributed by atoms with van der Waals surface area (Å²) in [6.45, 7) is 3.11. The molecule has 2 N–H and O–H groups in total. The molecule has 1 aliphatic heterocycles. The maximum absolute atomic E-state index is 12.3. The fraction of sp³-hybridized carbons (Fsp3) is 0.571. The van der Waals surface area contributed by atoms with Gasteiger partial charge in [0.1, 0.15) is 0 Å². The van der Waals surface area contributed by atoms with Crippen LogP contribution >= 0.6 is 22.9 Å². The Morgan fingerprint density at radius 2 is 2.33 bits per heavy atom. The van der Waals surface area contributed by atoms with Gasteiger partial charge in [-0.1, -0.05) is 11.6 Å². The van der Waals surface area contributed by atoms with Gasteiger partial charge in [0.05, 0.1) is 10.4 Å². The molecule has 2 amide bonds. The van der Waals surface area contributed by atoms with Gasteiger partial charge in [0.25, 0.3) is 0 Å². The Kier molecular flexibility index (Phi) is 5.47. The molecule has 2 unspecified atom stereocenters. The summed E-state index contributed by atoms with van der Waals surface area (Å²) in [5, 5.41) is 11.8. The summed E-state index contributed by atoms with van der Waals surface area (Å²) in [6, 6.07) is 3.48. The number of carboxylic acids is 1. The normalized spacial score (nSPS) is 20.1. The fourth-order valence-electron chi connectivity index (χ4n) is 2.57. The minimum atomic E-state index is -0.802. The van der Waals surface area contributed by atoms with E-state index in [1.807, 2.05) is 19.1 Å². The number of piperidine rings is 1. The summed E-state index contributed by atoms with van der Waals surface area (Å²) in [6.07, 6.45) is 1.84. The van der Waals surface area contributed by atoms with Crippen molar-refractivity contribution in [1.29, 1.82) is 0 Å². The van der Waals surface area contributed by atoms with Crippen molar-refractivity contribution in [3.63, 3.8) is 0 Å². The van der Waals surface area contributed by atoms with Gasteiger partial charge < -0.3 is 15.3 Å². The SMILES string of the molecule is CC(NC(=O)N1CCCC(CC(=O)O)C1)c1ccc(Cl)s1. The zero-order chi connectivity index (χ0) is 15.4. The predicted octanol–water partition coefficient (Wildman–Crippen LogP) is 3.36. The number of aliphatic carboxylic acids is 1. The number of carbonyl (C=O) groups excluding carboxylic acids is 1. The van der Waals surface area contributed by atoms with Gasteiger partial charge in [0.15, 0.2) is 0 Å². The zero-order valence-electron chi connectivity index (χ0n) is 11.8. The molecule has 2 heterocycles. The van der Waals surface area contributed by atoms with Crippen LogP contribution in [0.4, 0.5) is 4.79 Å². The standard InChI is InChI=1S/C14H19ClN2O3S/c1-9(11-4-5-12(15)21-11)16-14(20)17-6-2-3-10(8-17)7-13(18)19/h4-5,9-10H,2-3,6-8H2,1H3,(H,16,20)(H,18,19). The van der Waals surface area contributed by atoms with E-state index in [1.165, 1.54) is 11.3 Å². The van der Waals surface area contributed by atoms with E-state index in [4.69, 9.17) is 16.7 Å². The number of carbonyl (C=O) groups is 2. The molecule has 1 saturated heterocycles. The highest BCUT2D eigenvalue weighted by molar-refractivity contribution is 7.16. The van der Waals surface area contributed by atoms with Crippen molar-refractivity contribution in [3.05, 3.63) is 21.3 Å². The lowest BCUT2D eigenvalue weighted by Crippen LogP contribution is -2.46. The topological polar surface area (TPSA) is 69.6 Å². The molecule has 0 bridgehead atoms. The zero-order valence-corrected chi connectivity index (χ0v) is 13.4. The van der Waals surface area contributed by atoms with Gasteiger partial charge in [0.2, 0.25) is 0 Å². The third-order valence-electron chi connectivity index (χ3n) is 3.63. The molecule has 2 rings (SSSR count).